The van der Waals surface area contributed by atoms with Crippen molar-refractivity contribution in [3.8, 4) is 16.9 Å². The van der Waals surface area contributed by atoms with Crippen molar-refractivity contribution in [2.75, 3.05) is 27.0 Å². The lowest BCUT2D eigenvalue weighted by Gasteiger charge is -2.40. The maximum atomic E-state index is 12.4. The Bertz CT molecular complexity index is 993. The van der Waals surface area contributed by atoms with Crippen molar-refractivity contribution in [2.24, 2.45) is 0 Å². The van der Waals surface area contributed by atoms with E-state index in [2.05, 4.69) is 10.8 Å². The zero-order chi connectivity index (χ0) is 21.7. The van der Waals surface area contributed by atoms with Gasteiger partial charge in [-0.3, -0.25) is 0 Å². The molecule has 30 heavy (non-hydrogen) atoms. The number of amides is 1. The number of ether oxygens (including phenoxy) is 2. The zero-order valence-electron chi connectivity index (χ0n) is 17.5. The fourth-order valence-electron chi connectivity index (χ4n) is 4.06. The number of sulfonamides is 1. The average molecular weight is 433 g/mol. The van der Waals surface area contributed by atoms with Crippen molar-refractivity contribution in [1.29, 1.82) is 0 Å². The topological polar surface area (TPSA) is 84.9 Å². The minimum atomic E-state index is -3.41. The molecule has 1 aliphatic heterocycles. The molecule has 1 fully saturated rings. The van der Waals surface area contributed by atoms with E-state index < -0.39 is 16.1 Å². The molecule has 0 unspecified atom stereocenters. The highest BCUT2D eigenvalue weighted by Gasteiger charge is 2.36. The van der Waals surface area contributed by atoms with Crippen molar-refractivity contribution in [2.45, 2.75) is 31.3 Å². The smallest absolute Gasteiger partial charge is 0.409 e. The monoisotopic (exact) mass is 432 g/mol. The van der Waals surface area contributed by atoms with E-state index >= 15 is 0 Å². The van der Waals surface area contributed by atoms with Gasteiger partial charge in [0.2, 0.25) is 10.0 Å². The Morgan fingerprint density at radius 2 is 1.93 bits per heavy atom. The van der Waals surface area contributed by atoms with Crippen molar-refractivity contribution in [3.63, 3.8) is 0 Å². The number of piperidine rings is 1. The summed E-state index contributed by atoms with van der Waals surface area (Å²) in [4.78, 5) is 14.0. The summed E-state index contributed by atoms with van der Waals surface area (Å²) in [7, 11) is -0.428. The van der Waals surface area contributed by atoms with Crippen LogP contribution in [-0.4, -0.2) is 58.5 Å². The number of nitrogens with one attached hydrogen (secondary N) is 1. The van der Waals surface area contributed by atoms with E-state index in [4.69, 9.17) is 9.47 Å². The van der Waals surface area contributed by atoms with Gasteiger partial charge in [0, 0.05) is 18.2 Å². The molecular weight excluding hydrogens is 404 g/mol. The third-order valence-electron chi connectivity index (χ3n) is 5.34. The van der Waals surface area contributed by atoms with Gasteiger partial charge >= 0.3 is 6.09 Å². The summed E-state index contributed by atoms with van der Waals surface area (Å²) >= 11 is 0. The van der Waals surface area contributed by atoms with Crippen LogP contribution in [0.4, 0.5) is 4.79 Å². The van der Waals surface area contributed by atoms with Gasteiger partial charge in [-0.1, -0.05) is 42.5 Å². The summed E-state index contributed by atoms with van der Waals surface area (Å²) < 4.78 is 36.9. The lowest BCUT2D eigenvalue weighted by Crippen LogP contribution is -2.57. The summed E-state index contributed by atoms with van der Waals surface area (Å²) in [5, 5.41) is 0. The first-order chi connectivity index (χ1) is 14.3. The van der Waals surface area contributed by atoms with Gasteiger partial charge in [0.25, 0.3) is 0 Å². The number of likely N-dealkylation sites (tertiary alicyclic amines) is 1. The summed E-state index contributed by atoms with van der Waals surface area (Å²) in [6.07, 6.45) is 2.58. The van der Waals surface area contributed by atoms with Crippen LogP contribution in [0.2, 0.25) is 0 Å². The lowest BCUT2D eigenvalue weighted by molar-refractivity contribution is 0.0792. The first-order valence-electron chi connectivity index (χ1n) is 9.86. The van der Waals surface area contributed by atoms with Crippen molar-refractivity contribution >= 4 is 16.1 Å². The molecule has 7 nitrogen and oxygen atoms in total. The molecule has 3 rings (SSSR count). The molecule has 1 N–H and O–H groups in total. The predicted octanol–water partition coefficient (Wildman–Crippen LogP) is 3.05. The Morgan fingerprint density at radius 3 is 2.63 bits per heavy atom. The quantitative estimate of drug-likeness (QED) is 0.758. The minimum absolute atomic E-state index is 0.339. The Morgan fingerprint density at radius 1 is 1.17 bits per heavy atom. The molecule has 0 radical (unpaired) electrons. The highest BCUT2D eigenvalue weighted by atomic mass is 32.2. The zero-order valence-corrected chi connectivity index (χ0v) is 18.3. The van der Waals surface area contributed by atoms with Crippen LogP contribution >= 0.6 is 0 Å². The second-order valence-electron chi connectivity index (χ2n) is 7.47. The lowest BCUT2D eigenvalue weighted by atomic mass is 9.90. The van der Waals surface area contributed by atoms with Crippen LogP contribution in [0, 0.1) is 0 Å². The number of para-hydroxylation sites is 1. The van der Waals surface area contributed by atoms with Crippen LogP contribution in [0.3, 0.4) is 0 Å². The standard InChI is InChI=1S/C22H28N2O5S/c1-28-21-12-5-4-10-18(21)17-9-6-8-16(14-17)15-20-19(23-30(3,26)27)11-7-13-24(20)22(25)29-2/h4-6,8-10,12,14,19-20,23H,7,11,13,15H2,1-3H3/t19-,20-/m1/s1. The van der Waals surface area contributed by atoms with E-state index in [1.54, 1.807) is 12.0 Å². The number of carbonyl (C=O) groups excluding carboxylic acids is 1. The van der Waals surface area contributed by atoms with E-state index in [0.717, 1.165) is 28.7 Å². The predicted molar refractivity (Wildman–Crippen MR) is 116 cm³/mol. The van der Waals surface area contributed by atoms with Crippen LogP contribution in [-0.2, 0) is 21.2 Å². The van der Waals surface area contributed by atoms with Gasteiger partial charge in [-0.25, -0.2) is 17.9 Å². The Balaban J connectivity index is 1.93. The van der Waals surface area contributed by atoms with Crippen molar-refractivity contribution in [1.82, 2.24) is 9.62 Å². The molecule has 8 heteroatoms. The molecule has 0 spiro atoms. The fraction of sp³-hybridized carbons (Fsp3) is 0.409. The number of methoxy groups -OCH3 is 2. The van der Waals surface area contributed by atoms with Gasteiger partial charge in [0.1, 0.15) is 5.75 Å². The van der Waals surface area contributed by atoms with Crippen LogP contribution in [0.5, 0.6) is 5.75 Å². The number of hydrogen-bond donors (Lipinski definition) is 1. The van der Waals surface area contributed by atoms with Crippen LogP contribution in [0.15, 0.2) is 48.5 Å². The van der Waals surface area contributed by atoms with Gasteiger partial charge in [0.15, 0.2) is 0 Å². The summed E-state index contributed by atoms with van der Waals surface area (Å²) in [5.74, 6) is 0.778. The molecular formula is C22H28N2O5S. The molecule has 0 aromatic heterocycles. The molecule has 1 aliphatic rings. The van der Waals surface area contributed by atoms with Crippen LogP contribution < -0.4 is 9.46 Å². The number of rotatable bonds is 6. The first-order valence-corrected chi connectivity index (χ1v) is 11.8. The van der Waals surface area contributed by atoms with E-state index in [-0.39, 0.29) is 12.1 Å². The molecule has 0 saturated carbocycles. The highest BCUT2D eigenvalue weighted by Crippen LogP contribution is 2.31. The first kappa shape index (κ1) is 22.1. The van der Waals surface area contributed by atoms with E-state index in [0.29, 0.717) is 25.8 Å². The second kappa shape index (κ2) is 9.49. The minimum Gasteiger partial charge on any atom is -0.496 e. The Hall–Kier alpha value is -2.58. The fourth-order valence-corrected chi connectivity index (χ4v) is 4.88. The van der Waals surface area contributed by atoms with E-state index in [9.17, 15) is 13.2 Å². The molecule has 2 atom stereocenters. The molecule has 0 aliphatic carbocycles. The summed E-state index contributed by atoms with van der Waals surface area (Å²) in [6, 6.07) is 15.1. The highest BCUT2D eigenvalue weighted by molar-refractivity contribution is 7.88. The summed E-state index contributed by atoms with van der Waals surface area (Å²) in [6.45, 7) is 0.533. The van der Waals surface area contributed by atoms with E-state index in [1.165, 1.54) is 7.11 Å². The average Bonchev–Trinajstić information content (AvgIpc) is 2.73. The van der Waals surface area contributed by atoms with Gasteiger partial charge in [-0.05, 0) is 36.5 Å². The number of carbonyl (C=O) groups is 1. The maximum Gasteiger partial charge on any atom is 0.409 e. The van der Waals surface area contributed by atoms with Crippen LogP contribution in [0.25, 0.3) is 11.1 Å². The number of nitrogens with zero attached hydrogens (tertiary/aromatic N) is 1. The second-order valence-corrected chi connectivity index (χ2v) is 9.25. The largest absolute Gasteiger partial charge is 0.496 e. The van der Waals surface area contributed by atoms with Crippen molar-refractivity contribution in [3.05, 3.63) is 54.1 Å². The molecule has 1 heterocycles. The third-order valence-corrected chi connectivity index (χ3v) is 6.07. The molecule has 0 bridgehead atoms. The Kier molecular flexibility index (Phi) is 6.99. The Labute approximate surface area is 178 Å². The van der Waals surface area contributed by atoms with Gasteiger partial charge < -0.3 is 14.4 Å². The molecule has 1 amide bonds. The number of benzene rings is 2. The molecule has 1 saturated heterocycles. The van der Waals surface area contributed by atoms with Gasteiger partial charge in [-0.15, -0.1) is 0 Å². The van der Waals surface area contributed by atoms with E-state index in [1.807, 2.05) is 42.5 Å². The normalized spacial score (nSPS) is 19.4. The maximum absolute atomic E-state index is 12.4. The SMILES string of the molecule is COC(=O)N1CCC[C@@H](NS(C)(=O)=O)[C@H]1Cc1cccc(-c2ccccc2OC)c1. The van der Waals surface area contributed by atoms with Gasteiger partial charge in [-0.2, -0.15) is 0 Å². The third kappa shape index (κ3) is 5.31. The van der Waals surface area contributed by atoms with Gasteiger partial charge in [0.05, 0.1) is 26.5 Å². The van der Waals surface area contributed by atoms with Crippen LogP contribution in [0.1, 0.15) is 18.4 Å². The summed E-state index contributed by atoms with van der Waals surface area (Å²) in [5.41, 5.74) is 2.97. The molecule has 2 aromatic rings. The molecule has 2 aromatic carbocycles. The number of hydrogen-bond acceptors (Lipinski definition) is 5. The van der Waals surface area contributed by atoms with Crippen molar-refractivity contribution < 1.29 is 22.7 Å². The molecule has 162 valence electrons.